The first-order valence-electron chi connectivity index (χ1n) is 12.9. The largest absolute Gasteiger partial charge is 0.388 e. The van der Waals surface area contributed by atoms with Gasteiger partial charge in [0.25, 0.3) is 11.5 Å². The third-order valence-corrected chi connectivity index (χ3v) is 7.62. The summed E-state index contributed by atoms with van der Waals surface area (Å²) in [5.41, 5.74) is 2.66. The summed E-state index contributed by atoms with van der Waals surface area (Å²) in [5, 5.41) is 20.0. The Labute approximate surface area is 223 Å². The highest BCUT2D eigenvalue weighted by Crippen LogP contribution is 2.44. The highest BCUT2D eigenvalue weighted by molar-refractivity contribution is 5.96. The number of carbonyl (C=O) groups is 2. The van der Waals surface area contributed by atoms with Crippen molar-refractivity contribution < 1.29 is 14.7 Å². The van der Waals surface area contributed by atoms with Gasteiger partial charge >= 0.3 is 0 Å². The van der Waals surface area contributed by atoms with E-state index in [-0.39, 0.29) is 30.0 Å². The van der Waals surface area contributed by atoms with Crippen LogP contribution in [0.2, 0.25) is 0 Å². The standard InChI is InChI=1S/C30H36N4O4/c1-19-15-22(12-11-21(19)17-23-16-20(2)32-33-28(23)37)27(36)31-18-26(35)34-25(29(3,4)38)13-14-30(34,5)24-9-7-6-8-10-24/h6-12,15-16,25,38H,13-14,17-18H2,1-5H3,(H,31,36)(H,33,37)/t25-,30+/m1/s1. The van der Waals surface area contributed by atoms with Crippen molar-refractivity contribution in [2.75, 3.05) is 6.54 Å². The molecule has 1 fully saturated rings. The van der Waals surface area contributed by atoms with Gasteiger partial charge in [-0.05, 0) is 82.3 Å². The number of aliphatic hydroxyl groups is 1. The van der Waals surface area contributed by atoms with E-state index in [0.717, 1.165) is 22.4 Å². The van der Waals surface area contributed by atoms with Gasteiger partial charge in [0.2, 0.25) is 5.91 Å². The molecule has 0 spiro atoms. The highest BCUT2D eigenvalue weighted by Gasteiger charge is 2.51. The van der Waals surface area contributed by atoms with Crippen molar-refractivity contribution in [2.24, 2.45) is 0 Å². The molecule has 0 unspecified atom stereocenters. The van der Waals surface area contributed by atoms with Crippen molar-refractivity contribution in [3.63, 3.8) is 0 Å². The monoisotopic (exact) mass is 516 g/mol. The normalized spacial score (nSPS) is 19.4. The fourth-order valence-corrected chi connectivity index (χ4v) is 5.49. The topological polar surface area (TPSA) is 115 Å². The Bertz CT molecular complexity index is 1390. The quantitative estimate of drug-likeness (QED) is 0.445. The molecule has 8 nitrogen and oxygen atoms in total. The number of nitrogens with one attached hydrogen (secondary N) is 2. The number of benzene rings is 2. The summed E-state index contributed by atoms with van der Waals surface area (Å²) in [6.45, 7) is 8.99. The number of aromatic nitrogens is 2. The molecule has 0 aliphatic carbocycles. The van der Waals surface area contributed by atoms with Crippen LogP contribution in [0.5, 0.6) is 0 Å². The van der Waals surface area contributed by atoms with E-state index in [2.05, 4.69) is 15.5 Å². The highest BCUT2D eigenvalue weighted by atomic mass is 16.3. The van der Waals surface area contributed by atoms with Crippen molar-refractivity contribution in [3.8, 4) is 0 Å². The van der Waals surface area contributed by atoms with Crippen molar-refractivity contribution in [3.05, 3.63) is 98.5 Å². The summed E-state index contributed by atoms with van der Waals surface area (Å²) in [6.07, 6.45) is 1.80. The number of H-pyrrole nitrogens is 1. The number of rotatable bonds is 7. The SMILES string of the molecule is Cc1cc(Cc2ccc(C(=O)NCC(=O)N3[C@@H](C(C)(C)O)CC[C@@]3(C)c3ccccc3)cc2C)c(=O)[nH]n1. The van der Waals surface area contributed by atoms with Gasteiger partial charge in [-0.15, -0.1) is 0 Å². The third kappa shape index (κ3) is 5.55. The molecule has 38 heavy (non-hydrogen) atoms. The lowest BCUT2D eigenvalue weighted by atomic mass is 9.89. The molecule has 0 bridgehead atoms. The molecule has 2 aromatic carbocycles. The Morgan fingerprint density at radius 1 is 1.13 bits per heavy atom. The third-order valence-electron chi connectivity index (χ3n) is 7.62. The summed E-state index contributed by atoms with van der Waals surface area (Å²) < 4.78 is 0. The fourth-order valence-electron chi connectivity index (χ4n) is 5.49. The number of aromatic amines is 1. The molecule has 1 aliphatic rings. The van der Waals surface area contributed by atoms with Gasteiger partial charge in [-0.25, -0.2) is 5.10 Å². The van der Waals surface area contributed by atoms with Crippen LogP contribution in [0, 0.1) is 13.8 Å². The Morgan fingerprint density at radius 3 is 2.50 bits per heavy atom. The number of hydrogen-bond donors (Lipinski definition) is 3. The second-order valence-corrected chi connectivity index (χ2v) is 11.0. The number of carbonyl (C=O) groups excluding carboxylic acids is 2. The van der Waals surface area contributed by atoms with E-state index in [4.69, 9.17) is 0 Å². The van der Waals surface area contributed by atoms with Crippen LogP contribution in [-0.2, 0) is 16.8 Å². The van der Waals surface area contributed by atoms with Gasteiger partial charge in [0, 0.05) is 17.5 Å². The van der Waals surface area contributed by atoms with Crippen LogP contribution in [0.1, 0.15) is 71.9 Å². The minimum Gasteiger partial charge on any atom is -0.388 e. The summed E-state index contributed by atoms with van der Waals surface area (Å²) in [4.78, 5) is 40.4. The second-order valence-electron chi connectivity index (χ2n) is 11.0. The van der Waals surface area contributed by atoms with E-state index >= 15 is 0 Å². The number of nitrogens with zero attached hydrogens (tertiary/aromatic N) is 2. The first-order valence-corrected chi connectivity index (χ1v) is 12.9. The lowest BCUT2D eigenvalue weighted by Gasteiger charge is -2.43. The van der Waals surface area contributed by atoms with Crippen LogP contribution in [0.15, 0.2) is 59.4 Å². The number of hydrogen-bond acceptors (Lipinski definition) is 5. The molecule has 3 aromatic rings. The Balaban J connectivity index is 1.49. The first-order chi connectivity index (χ1) is 17.9. The van der Waals surface area contributed by atoms with Crippen LogP contribution in [0.25, 0.3) is 0 Å². The second kappa shape index (κ2) is 10.5. The number of amides is 2. The molecule has 4 rings (SSSR count). The zero-order chi connectivity index (χ0) is 27.7. The van der Waals surface area contributed by atoms with Crippen LogP contribution in [-0.4, -0.2) is 50.2 Å². The van der Waals surface area contributed by atoms with Crippen LogP contribution in [0.4, 0.5) is 0 Å². The van der Waals surface area contributed by atoms with Crippen LogP contribution < -0.4 is 10.9 Å². The van der Waals surface area contributed by atoms with E-state index in [1.165, 1.54) is 0 Å². The molecule has 2 atom stereocenters. The fraction of sp³-hybridized carbons (Fsp3) is 0.400. The molecule has 8 heteroatoms. The molecule has 200 valence electrons. The Hall–Kier alpha value is -3.78. The van der Waals surface area contributed by atoms with Gasteiger partial charge in [0.05, 0.1) is 29.4 Å². The average Bonchev–Trinajstić information content (AvgIpc) is 3.25. The lowest BCUT2D eigenvalue weighted by Crippen LogP contribution is -2.56. The summed E-state index contributed by atoms with van der Waals surface area (Å²) >= 11 is 0. The van der Waals surface area contributed by atoms with E-state index in [9.17, 15) is 19.5 Å². The molecule has 2 heterocycles. The van der Waals surface area contributed by atoms with E-state index in [1.54, 1.807) is 36.9 Å². The average molecular weight is 517 g/mol. The van der Waals surface area contributed by atoms with Crippen molar-refractivity contribution in [1.29, 1.82) is 0 Å². The van der Waals surface area contributed by atoms with Gasteiger partial charge in [-0.3, -0.25) is 14.4 Å². The maximum absolute atomic E-state index is 13.6. The molecule has 1 aromatic heterocycles. The van der Waals surface area contributed by atoms with Gasteiger partial charge < -0.3 is 15.3 Å². The maximum atomic E-state index is 13.6. The smallest absolute Gasteiger partial charge is 0.267 e. The predicted octanol–water partition coefficient (Wildman–Crippen LogP) is 3.38. The van der Waals surface area contributed by atoms with Crippen molar-refractivity contribution in [1.82, 2.24) is 20.4 Å². The van der Waals surface area contributed by atoms with Crippen molar-refractivity contribution in [2.45, 2.75) is 71.1 Å². The van der Waals surface area contributed by atoms with E-state index < -0.39 is 11.1 Å². The first kappa shape index (κ1) is 27.3. The number of aryl methyl sites for hydroxylation is 2. The van der Waals surface area contributed by atoms with Crippen molar-refractivity contribution >= 4 is 11.8 Å². The minimum atomic E-state index is -1.09. The molecule has 1 aliphatic heterocycles. The zero-order valence-corrected chi connectivity index (χ0v) is 22.7. The molecule has 1 saturated heterocycles. The molecular formula is C30H36N4O4. The predicted molar refractivity (Wildman–Crippen MR) is 146 cm³/mol. The van der Waals surface area contributed by atoms with Crippen LogP contribution in [0.3, 0.4) is 0 Å². The van der Waals surface area contributed by atoms with Crippen LogP contribution >= 0.6 is 0 Å². The van der Waals surface area contributed by atoms with Gasteiger partial charge in [-0.1, -0.05) is 36.4 Å². The Kier molecular flexibility index (Phi) is 7.56. The lowest BCUT2D eigenvalue weighted by molar-refractivity contribution is -0.142. The molecule has 0 saturated carbocycles. The van der Waals surface area contributed by atoms with Gasteiger partial charge in [0.15, 0.2) is 0 Å². The minimum absolute atomic E-state index is 0.180. The molecule has 3 N–H and O–H groups in total. The number of likely N-dealkylation sites (tertiary alicyclic amines) is 1. The van der Waals surface area contributed by atoms with Gasteiger partial charge in [0.1, 0.15) is 0 Å². The molecule has 0 radical (unpaired) electrons. The summed E-state index contributed by atoms with van der Waals surface area (Å²) in [7, 11) is 0. The molecular weight excluding hydrogens is 480 g/mol. The Morgan fingerprint density at radius 2 is 1.84 bits per heavy atom. The summed E-state index contributed by atoms with van der Waals surface area (Å²) in [6, 6.07) is 16.5. The van der Waals surface area contributed by atoms with Gasteiger partial charge in [-0.2, -0.15) is 5.10 Å². The zero-order valence-electron chi connectivity index (χ0n) is 22.7. The maximum Gasteiger partial charge on any atom is 0.267 e. The van der Waals surface area contributed by atoms with E-state index in [0.29, 0.717) is 30.4 Å². The van der Waals surface area contributed by atoms with E-state index in [1.807, 2.05) is 57.2 Å². The summed E-state index contributed by atoms with van der Waals surface area (Å²) in [5.74, 6) is -0.596. The molecule has 2 amide bonds.